The number of carboxylic acids is 1. The van der Waals surface area contributed by atoms with Gasteiger partial charge in [-0.25, -0.2) is 4.79 Å². The molecule has 0 aliphatic heterocycles. The average molecular weight is 370 g/mol. The van der Waals surface area contributed by atoms with Crippen LogP contribution in [0.2, 0.25) is 0 Å². The first-order valence-electron chi connectivity index (χ1n) is 11.0. The van der Waals surface area contributed by atoms with Gasteiger partial charge in [-0.2, -0.15) is 0 Å². The van der Waals surface area contributed by atoms with Crippen LogP contribution in [0.1, 0.15) is 117 Å². The van der Waals surface area contributed by atoms with Crippen molar-refractivity contribution >= 4 is 11.9 Å². The minimum atomic E-state index is -0.950. The van der Waals surface area contributed by atoms with E-state index in [0.29, 0.717) is 6.42 Å². The molecule has 0 aromatic rings. The summed E-state index contributed by atoms with van der Waals surface area (Å²) in [6, 6.07) is -0.769. The molecule has 4 nitrogen and oxygen atoms in total. The third-order valence-corrected chi connectivity index (χ3v) is 5.01. The molecule has 154 valence electrons. The van der Waals surface area contributed by atoms with Gasteiger partial charge in [-0.05, 0) is 12.3 Å². The van der Waals surface area contributed by atoms with Gasteiger partial charge < -0.3 is 10.4 Å². The van der Waals surface area contributed by atoms with Gasteiger partial charge in [0.2, 0.25) is 5.91 Å². The van der Waals surface area contributed by atoms with E-state index in [1.165, 1.54) is 77.0 Å². The number of hydrogen-bond donors (Lipinski definition) is 2. The lowest BCUT2D eigenvalue weighted by molar-refractivity contribution is -0.143. The van der Waals surface area contributed by atoms with Crippen molar-refractivity contribution < 1.29 is 14.7 Å². The van der Waals surface area contributed by atoms with Gasteiger partial charge in [0, 0.05) is 6.42 Å². The second-order valence-corrected chi connectivity index (χ2v) is 7.97. The molecule has 0 radical (unpaired) electrons. The van der Waals surface area contributed by atoms with E-state index in [-0.39, 0.29) is 11.8 Å². The van der Waals surface area contributed by atoms with Crippen molar-refractivity contribution in [3.05, 3.63) is 0 Å². The first kappa shape index (κ1) is 24.9. The Bertz CT molecular complexity index is 355. The van der Waals surface area contributed by atoms with Gasteiger partial charge in [-0.15, -0.1) is 0 Å². The minimum absolute atomic E-state index is 0.0900. The summed E-state index contributed by atoms with van der Waals surface area (Å²) in [5.41, 5.74) is 0. The molecule has 1 atom stereocenters. The van der Waals surface area contributed by atoms with Crippen molar-refractivity contribution in [3.63, 3.8) is 0 Å². The Labute approximate surface area is 161 Å². The maximum Gasteiger partial charge on any atom is 0.326 e. The smallest absolute Gasteiger partial charge is 0.326 e. The topological polar surface area (TPSA) is 66.4 Å². The number of nitrogens with one attached hydrogen (secondary N) is 1. The molecule has 0 aromatic heterocycles. The average Bonchev–Trinajstić information content (AvgIpc) is 2.59. The molecule has 26 heavy (non-hydrogen) atoms. The number of carbonyl (C=O) groups excluding carboxylic acids is 1. The summed E-state index contributed by atoms with van der Waals surface area (Å²) in [5.74, 6) is -1.17. The number of rotatable bonds is 18. The van der Waals surface area contributed by atoms with Crippen LogP contribution in [0.4, 0.5) is 0 Å². The van der Waals surface area contributed by atoms with Crippen LogP contribution >= 0.6 is 0 Å². The predicted octanol–water partition coefficient (Wildman–Crippen LogP) is 6.08. The lowest BCUT2D eigenvalue weighted by atomic mass is 10.0. The van der Waals surface area contributed by atoms with Crippen LogP contribution in [0, 0.1) is 5.92 Å². The zero-order valence-corrected chi connectivity index (χ0v) is 17.5. The fraction of sp³-hybridized carbons (Fsp3) is 0.909. The van der Waals surface area contributed by atoms with Gasteiger partial charge in [0.25, 0.3) is 0 Å². The van der Waals surface area contributed by atoms with Crippen LogP contribution in [0.25, 0.3) is 0 Å². The number of unbranched alkanes of at least 4 members (excludes halogenated alkanes) is 13. The second-order valence-electron chi connectivity index (χ2n) is 7.97. The van der Waals surface area contributed by atoms with E-state index < -0.39 is 12.0 Å². The highest BCUT2D eigenvalue weighted by atomic mass is 16.4. The Morgan fingerprint density at radius 3 is 1.46 bits per heavy atom. The first-order valence-corrected chi connectivity index (χ1v) is 11.0. The number of aliphatic carboxylic acids is 1. The van der Waals surface area contributed by atoms with E-state index in [0.717, 1.165) is 12.8 Å². The Balaban J connectivity index is 3.38. The number of carbonyl (C=O) groups is 2. The molecular weight excluding hydrogens is 326 g/mol. The van der Waals surface area contributed by atoms with E-state index >= 15 is 0 Å². The maximum atomic E-state index is 11.8. The molecule has 0 aromatic carbocycles. The van der Waals surface area contributed by atoms with Crippen LogP contribution in [0.3, 0.4) is 0 Å². The zero-order valence-electron chi connectivity index (χ0n) is 17.5. The van der Waals surface area contributed by atoms with Gasteiger partial charge >= 0.3 is 5.97 Å². The summed E-state index contributed by atoms with van der Waals surface area (Å²) in [5, 5.41) is 11.7. The molecule has 0 aliphatic carbocycles. The Hall–Kier alpha value is -1.06. The van der Waals surface area contributed by atoms with Crippen molar-refractivity contribution in [2.24, 2.45) is 5.92 Å². The molecular formula is C22H43NO3. The molecule has 0 unspecified atom stereocenters. The lowest BCUT2D eigenvalue weighted by Crippen LogP contribution is -2.44. The van der Waals surface area contributed by atoms with E-state index in [9.17, 15) is 9.59 Å². The minimum Gasteiger partial charge on any atom is -0.480 e. The molecule has 4 heteroatoms. The van der Waals surface area contributed by atoms with E-state index in [4.69, 9.17) is 5.11 Å². The van der Waals surface area contributed by atoms with Gasteiger partial charge in [-0.1, -0.05) is 104 Å². The van der Waals surface area contributed by atoms with E-state index in [2.05, 4.69) is 12.2 Å². The van der Waals surface area contributed by atoms with Gasteiger partial charge in [0.05, 0.1) is 0 Å². The van der Waals surface area contributed by atoms with E-state index in [1.807, 2.05) is 13.8 Å². The predicted molar refractivity (Wildman–Crippen MR) is 109 cm³/mol. The molecule has 0 spiro atoms. The SMILES string of the molecule is CCCCCCCCCCCCCCCCC(=O)N[C@H](C(=O)O)C(C)C. The van der Waals surface area contributed by atoms with Crippen molar-refractivity contribution in [1.82, 2.24) is 5.32 Å². The number of amides is 1. The summed E-state index contributed by atoms with van der Waals surface area (Å²) in [7, 11) is 0. The van der Waals surface area contributed by atoms with Gasteiger partial charge in [0.15, 0.2) is 0 Å². The van der Waals surface area contributed by atoms with Crippen molar-refractivity contribution in [2.45, 2.75) is 123 Å². The lowest BCUT2D eigenvalue weighted by Gasteiger charge is -2.17. The monoisotopic (exact) mass is 369 g/mol. The standard InChI is InChI=1S/C22H43NO3/c1-4-5-6-7-8-9-10-11-12-13-14-15-16-17-18-20(24)23-21(19(2)3)22(25)26/h19,21H,4-18H2,1-3H3,(H,23,24)(H,25,26)/t21-/m0/s1. The fourth-order valence-electron chi connectivity index (χ4n) is 3.24. The summed E-state index contributed by atoms with van der Waals surface area (Å²) in [6.45, 7) is 5.88. The molecule has 0 fully saturated rings. The third-order valence-electron chi connectivity index (χ3n) is 5.01. The van der Waals surface area contributed by atoms with Crippen molar-refractivity contribution in [3.8, 4) is 0 Å². The Morgan fingerprint density at radius 1 is 0.731 bits per heavy atom. The Kier molecular flexibility index (Phi) is 16.7. The van der Waals surface area contributed by atoms with Crippen LogP contribution < -0.4 is 5.32 Å². The van der Waals surface area contributed by atoms with E-state index in [1.54, 1.807) is 0 Å². The summed E-state index contributed by atoms with van der Waals surface area (Å²) in [4.78, 5) is 22.9. The quantitative estimate of drug-likeness (QED) is 0.288. The second kappa shape index (κ2) is 17.4. The molecule has 0 bridgehead atoms. The summed E-state index contributed by atoms with van der Waals surface area (Å²) >= 11 is 0. The third kappa shape index (κ3) is 15.2. The molecule has 1 amide bonds. The normalized spacial score (nSPS) is 12.3. The molecule has 2 N–H and O–H groups in total. The zero-order chi connectivity index (χ0) is 19.6. The van der Waals surface area contributed by atoms with Crippen molar-refractivity contribution in [1.29, 1.82) is 0 Å². The van der Waals surface area contributed by atoms with Crippen LogP contribution in [0.5, 0.6) is 0 Å². The first-order chi connectivity index (χ1) is 12.5. The summed E-state index contributed by atoms with van der Waals surface area (Å²) in [6.07, 6.45) is 18.5. The largest absolute Gasteiger partial charge is 0.480 e. The molecule has 0 heterocycles. The summed E-state index contributed by atoms with van der Waals surface area (Å²) < 4.78 is 0. The molecule has 0 rings (SSSR count). The van der Waals surface area contributed by atoms with Gasteiger partial charge in [-0.3, -0.25) is 4.79 Å². The highest BCUT2D eigenvalue weighted by Crippen LogP contribution is 2.13. The number of hydrogen-bond acceptors (Lipinski definition) is 2. The fourth-order valence-corrected chi connectivity index (χ4v) is 3.24. The van der Waals surface area contributed by atoms with Crippen LogP contribution in [-0.4, -0.2) is 23.0 Å². The molecule has 0 aliphatic rings. The molecule has 0 saturated carbocycles. The van der Waals surface area contributed by atoms with Crippen molar-refractivity contribution in [2.75, 3.05) is 0 Å². The highest BCUT2D eigenvalue weighted by Gasteiger charge is 2.22. The van der Waals surface area contributed by atoms with Crippen LogP contribution in [-0.2, 0) is 9.59 Å². The molecule has 0 saturated heterocycles. The Morgan fingerprint density at radius 2 is 1.12 bits per heavy atom. The highest BCUT2D eigenvalue weighted by molar-refractivity contribution is 5.83. The van der Waals surface area contributed by atoms with Gasteiger partial charge in [0.1, 0.15) is 6.04 Å². The maximum absolute atomic E-state index is 11.8. The number of carboxylic acid groups (broad SMARTS) is 1. The van der Waals surface area contributed by atoms with Crippen LogP contribution in [0.15, 0.2) is 0 Å².